The zero-order chi connectivity index (χ0) is 14.5. The highest BCUT2D eigenvalue weighted by atomic mass is 79.9. The number of benzene rings is 2. The van der Waals surface area contributed by atoms with E-state index in [0.29, 0.717) is 18.0 Å². The Morgan fingerprint density at radius 3 is 2.40 bits per heavy atom. The van der Waals surface area contributed by atoms with E-state index in [2.05, 4.69) is 21.2 Å². The molecule has 20 heavy (non-hydrogen) atoms. The van der Waals surface area contributed by atoms with E-state index in [-0.39, 0.29) is 5.91 Å². The molecule has 0 saturated heterocycles. The van der Waals surface area contributed by atoms with E-state index < -0.39 is 0 Å². The zero-order valence-corrected chi connectivity index (χ0v) is 13.5. The van der Waals surface area contributed by atoms with Crippen LogP contribution in [-0.2, 0) is 12.4 Å². The molecule has 2 aromatic rings. The summed E-state index contributed by atoms with van der Waals surface area (Å²) >= 11 is 9.16. The third-order valence-corrected chi connectivity index (χ3v) is 3.96. The van der Waals surface area contributed by atoms with Gasteiger partial charge >= 0.3 is 0 Å². The molecule has 0 spiro atoms. The minimum absolute atomic E-state index is 0.0849. The van der Waals surface area contributed by atoms with Gasteiger partial charge in [-0.2, -0.15) is 0 Å². The lowest BCUT2D eigenvalue weighted by Crippen LogP contribution is -2.23. The number of carbonyl (C=O) groups excluding carboxylic acids is 1. The maximum absolute atomic E-state index is 12.1. The Kier molecular flexibility index (Phi) is 5.21. The van der Waals surface area contributed by atoms with Gasteiger partial charge in [0.25, 0.3) is 5.91 Å². The number of alkyl halides is 1. The first-order valence-corrected chi connectivity index (χ1v) is 7.61. The van der Waals surface area contributed by atoms with E-state index in [4.69, 9.17) is 11.6 Å². The number of halogens is 2. The van der Waals surface area contributed by atoms with Gasteiger partial charge in [-0.1, -0.05) is 30.3 Å². The number of amides is 1. The third-order valence-electron chi connectivity index (χ3n) is 3.00. The molecule has 0 bridgehead atoms. The van der Waals surface area contributed by atoms with Crippen molar-refractivity contribution < 1.29 is 4.79 Å². The Labute approximate surface area is 132 Å². The summed E-state index contributed by atoms with van der Waals surface area (Å²) in [6, 6.07) is 13.6. The zero-order valence-electron chi connectivity index (χ0n) is 11.1. The van der Waals surface area contributed by atoms with Crippen molar-refractivity contribution in [1.29, 1.82) is 0 Å². The Bertz CT molecular complexity index is 610. The summed E-state index contributed by atoms with van der Waals surface area (Å²) in [5.74, 6) is 0.418. The maximum atomic E-state index is 12.1. The van der Waals surface area contributed by atoms with Gasteiger partial charge in [-0.15, -0.1) is 11.6 Å². The van der Waals surface area contributed by atoms with Gasteiger partial charge in [-0.05, 0) is 51.7 Å². The number of hydrogen-bond donors (Lipinski definition) is 1. The fourth-order valence-corrected chi connectivity index (χ4v) is 2.68. The highest BCUT2D eigenvalue weighted by Crippen LogP contribution is 2.18. The second kappa shape index (κ2) is 6.91. The highest BCUT2D eigenvalue weighted by Gasteiger charge is 2.09. The van der Waals surface area contributed by atoms with Crippen LogP contribution in [0, 0.1) is 6.92 Å². The molecule has 104 valence electrons. The van der Waals surface area contributed by atoms with Crippen LogP contribution in [0.15, 0.2) is 46.9 Å². The average Bonchev–Trinajstić information content (AvgIpc) is 2.45. The predicted molar refractivity (Wildman–Crippen MR) is 86.0 cm³/mol. The van der Waals surface area contributed by atoms with Crippen LogP contribution in [-0.4, -0.2) is 5.91 Å². The molecule has 0 heterocycles. The molecular weight excluding hydrogens is 338 g/mol. The lowest BCUT2D eigenvalue weighted by Gasteiger charge is -2.08. The van der Waals surface area contributed by atoms with Gasteiger partial charge in [0.05, 0.1) is 5.56 Å². The first-order valence-electron chi connectivity index (χ1n) is 6.28. The van der Waals surface area contributed by atoms with Crippen LogP contribution in [0.2, 0.25) is 0 Å². The number of carbonyl (C=O) groups is 1. The summed E-state index contributed by atoms with van der Waals surface area (Å²) in [7, 11) is 0. The van der Waals surface area contributed by atoms with E-state index in [1.807, 2.05) is 49.4 Å². The van der Waals surface area contributed by atoms with Crippen LogP contribution >= 0.6 is 27.5 Å². The molecule has 0 saturated carbocycles. The Morgan fingerprint density at radius 2 is 1.80 bits per heavy atom. The van der Waals surface area contributed by atoms with Gasteiger partial charge in [0.2, 0.25) is 0 Å². The predicted octanol–water partition coefficient (Wildman–Crippen LogP) is 4.43. The second-order valence-corrected chi connectivity index (χ2v) is 5.74. The molecular formula is C16H15BrClNO. The molecule has 1 N–H and O–H groups in total. The molecule has 2 rings (SSSR count). The van der Waals surface area contributed by atoms with Crippen molar-refractivity contribution in [3.05, 3.63) is 69.2 Å². The van der Waals surface area contributed by atoms with E-state index >= 15 is 0 Å². The molecule has 0 fully saturated rings. The largest absolute Gasteiger partial charge is 0.348 e. The standard InChI is InChI=1S/C16H15BrClNO/c1-11-2-7-14(15(17)8-11)16(20)19-10-13-5-3-12(9-18)4-6-13/h2-8H,9-10H2,1H3,(H,19,20). The summed E-state index contributed by atoms with van der Waals surface area (Å²) in [5.41, 5.74) is 3.89. The van der Waals surface area contributed by atoms with Gasteiger partial charge < -0.3 is 5.32 Å². The maximum Gasteiger partial charge on any atom is 0.252 e. The third kappa shape index (κ3) is 3.84. The number of nitrogens with one attached hydrogen (secondary N) is 1. The first kappa shape index (κ1) is 15.1. The van der Waals surface area contributed by atoms with Crippen LogP contribution in [0.4, 0.5) is 0 Å². The van der Waals surface area contributed by atoms with Crippen molar-refractivity contribution in [3.8, 4) is 0 Å². The second-order valence-electron chi connectivity index (χ2n) is 4.62. The lowest BCUT2D eigenvalue weighted by molar-refractivity contribution is 0.0950. The quantitative estimate of drug-likeness (QED) is 0.811. The monoisotopic (exact) mass is 351 g/mol. The van der Waals surface area contributed by atoms with Crippen molar-refractivity contribution in [2.24, 2.45) is 0 Å². The van der Waals surface area contributed by atoms with Crippen molar-refractivity contribution in [2.75, 3.05) is 0 Å². The molecule has 0 radical (unpaired) electrons. The SMILES string of the molecule is Cc1ccc(C(=O)NCc2ccc(CCl)cc2)c(Br)c1. The van der Waals surface area contributed by atoms with Gasteiger partial charge in [0.1, 0.15) is 0 Å². The van der Waals surface area contributed by atoms with Crippen LogP contribution < -0.4 is 5.32 Å². The van der Waals surface area contributed by atoms with Crippen LogP contribution in [0.5, 0.6) is 0 Å². The lowest BCUT2D eigenvalue weighted by atomic mass is 10.1. The van der Waals surface area contributed by atoms with E-state index in [0.717, 1.165) is 21.2 Å². The summed E-state index contributed by atoms with van der Waals surface area (Å²) in [5, 5.41) is 2.91. The molecule has 1 amide bonds. The van der Waals surface area contributed by atoms with Crippen LogP contribution in [0.3, 0.4) is 0 Å². The smallest absolute Gasteiger partial charge is 0.252 e. The Morgan fingerprint density at radius 1 is 1.15 bits per heavy atom. The number of rotatable bonds is 4. The van der Waals surface area contributed by atoms with Crippen LogP contribution in [0.25, 0.3) is 0 Å². The van der Waals surface area contributed by atoms with Gasteiger partial charge in [0.15, 0.2) is 0 Å². The summed E-state index contributed by atoms with van der Waals surface area (Å²) in [4.78, 5) is 12.1. The summed E-state index contributed by atoms with van der Waals surface area (Å²) < 4.78 is 0.812. The van der Waals surface area contributed by atoms with Crippen molar-refractivity contribution in [1.82, 2.24) is 5.32 Å². The topological polar surface area (TPSA) is 29.1 Å². The molecule has 0 aliphatic rings. The summed E-state index contributed by atoms with van der Waals surface area (Å²) in [6.45, 7) is 2.49. The molecule has 0 atom stereocenters. The highest BCUT2D eigenvalue weighted by molar-refractivity contribution is 9.10. The van der Waals surface area contributed by atoms with E-state index in [1.54, 1.807) is 0 Å². The van der Waals surface area contributed by atoms with Crippen molar-refractivity contribution in [3.63, 3.8) is 0 Å². The molecule has 2 nitrogen and oxygen atoms in total. The number of hydrogen-bond acceptors (Lipinski definition) is 1. The molecule has 0 aliphatic heterocycles. The average molecular weight is 353 g/mol. The van der Waals surface area contributed by atoms with E-state index in [9.17, 15) is 4.79 Å². The van der Waals surface area contributed by atoms with Gasteiger partial charge in [0, 0.05) is 16.9 Å². The molecule has 4 heteroatoms. The van der Waals surface area contributed by atoms with Gasteiger partial charge in [-0.25, -0.2) is 0 Å². The fraction of sp³-hybridized carbons (Fsp3) is 0.188. The first-order chi connectivity index (χ1) is 9.60. The molecule has 0 aromatic heterocycles. The van der Waals surface area contributed by atoms with E-state index in [1.165, 1.54) is 0 Å². The van der Waals surface area contributed by atoms with Gasteiger partial charge in [-0.3, -0.25) is 4.79 Å². The normalized spacial score (nSPS) is 10.3. The van der Waals surface area contributed by atoms with Crippen molar-refractivity contribution >= 4 is 33.4 Å². The molecule has 0 unspecified atom stereocenters. The minimum Gasteiger partial charge on any atom is -0.348 e. The minimum atomic E-state index is -0.0849. The fourth-order valence-electron chi connectivity index (χ4n) is 1.83. The Balaban J connectivity index is 2.00. The van der Waals surface area contributed by atoms with Crippen molar-refractivity contribution in [2.45, 2.75) is 19.3 Å². The molecule has 0 aliphatic carbocycles. The molecule has 2 aromatic carbocycles. The Hall–Kier alpha value is -1.32. The number of aryl methyl sites for hydroxylation is 1. The van der Waals surface area contributed by atoms with Crippen LogP contribution in [0.1, 0.15) is 27.0 Å². The summed E-state index contributed by atoms with van der Waals surface area (Å²) in [6.07, 6.45) is 0.